The third kappa shape index (κ3) is 3.21. The molecule has 2 N–H and O–H groups in total. The average molecular weight is 433 g/mol. The molecule has 1 saturated heterocycles. The molecule has 3 unspecified atom stereocenters. The lowest BCUT2D eigenvalue weighted by Crippen LogP contribution is -2.42. The highest BCUT2D eigenvalue weighted by atomic mass is 35.5. The number of hydrogen-bond acceptors (Lipinski definition) is 3. The summed E-state index contributed by atoms with van der Waals surface area (Å²) in [5.74, 6) is -1.69. The van der Waals surface area contributed by atoms with Gasteiger partial charge >= 0.3 is 5.97 Å². The van der Waals surface area contributed by atoms with Gasteiger partial charge < -0.3 is 10.4 Å². The number of carboxylic acids is 1. The van der Waals surface area contributed by atoms with Gasteiger partial charge in [-0.2, -0.15) is 0 Å². The lowest BCUT2D eigenvalue weighted by Gasteiger charge is -2.30. The molecule has 1 fully saturated rings. The number of carboxylic acid groups (broad SMARTS) is 1. The summed E-state index contributed by atoms with van der Waals surface area (Å²) in [6.45, 7) is 3.01. The van der Waals surface area contributed by atoms with E-state index in [1.807, 2.05) is 17.0 Å². The van der Waals surface area contributed by atoms with Gasteiger partial charge in [-0.05, 0) is 48.4 Å². The van der Waals surface area contributed by atoms with Crippen LogP contribution >= 0.6 is 23.2 Å². The van der Waals surface area contributed by atoms with Crippen LogP contribution in [-0.2, 0) is 15.0 Å². The summed E-state index contributed by atoms with van der Waals surface area (Å²) in [7, 11) is 0. The van der Waals surface area contributed by atoms with E-state index in [9.17, 15) is 14.7 Å². The SMILES string of the molecule is CCCCN1CC2(C(=O)Nc3cc(Cl)ccc32)C(c2cccc(Cl)c2)C1C(=O)O. The van der Waals surface area contributed by atoms with Crippen LogP contribution in [0, 0.1) is 0 Å². The second-order valence-corrected chi connectivity index (χ2v) is 8.63. The Morgan fingerprint density at radius 3 is 2.69 bits per heavy atom. The second-order valence-electron chi connectivity index (χ2n) is 7.76. The standard InChI is InChI=1S/C22H22Cl2N2O3/c1-2-3-9-26-12-22(16-8-7-15(24)11-17(16)25-21(22)29)18(19(26)20(27)28)13-5-4-6-14(23)10-13/h4-8,10-11,18-19H,2-3,9,12H2,1H3,(H,25,29)(H,27,28). The Bertz CT molecular complexity index is 980. The van der Waals surface area contributed by atoms with E-state index >= 15 is 0 Å². The highest BCUT2D eigenvalue weighted by Crippen LogP contribution is 2.54. The molecule has 0 aromatic heterocycles. The fraction of sp³-hybridized carbons (Fsp3) is 0.364. The maximum Gasteiger partial charge on any atom is 0.321 e. The molecular weight excluding hydrogens is 411 g/mol. The first kappa shape index (κ1) is 20.2. The van der Waals surface area contributed by atoms with Gasteiger partial charge in [0.25, 0.3) is 0 Å². The van der Waals surface area contributed by atoms with E-state index in [1.165, 1.54) is 0 Å². The number of benzene rings is 2. The molecular formula is C22H22Cl2N2O3. The van der Waals surface area contributed by atoms with E-state index in [0.717, 1.165) is 24.0 Å². The number of unbranched alkanes of at least 4 members (excludes halogenated alkanes) is 1. The topological polar surface area (TPSA) is 69.6 Å². The zero-order valence-corrected chi connectivity index (χ0v) is 17.5. The quantitative estimate of drug-likeness (QED) is 0.727. The van der Waals surface area contributed by atoms with E-state index in [-0.39, 0.29) is 5.91 Å². The Morgan fingerprint density at radius 2 is 2.00 bits per heavy atom. The van der Waals surface area contributed by atoms with Crippen molar-refractivity contribution in [1.82, 2.24) is 4.90 Å². The van der Waals surface area contributed by atoms with Gasteiger partial charge in [0.2, 0.25) is 5.91 Å². The number of carbonyl (C=O) groups is 2. The maximum absolute atomic E-state index is 13.4. The molecule has 1 amide bonds. The lowest BCUT2D eigenvalue weighted by molar-refractivity contribution is -0.142. The van der Waals surface area contributed by atoms with Crippen molar-refractivity contribution in [3.8, 4) is 0 Å². The normalized spacial score (nSPS) is 26.0. The van der Waals surface area contributed by atoms with E-state index in [1.54, 1.807) is 30.3 Å². The molecule has 1 spiro atoms. The predicted molar refractivity (Wildman–Crippen MR) is 114 cm³/mol. The molecule has 2 aliphatic heterocycles. The minimum absolute atomic E-state index is 0.190. The first-order valence-corrected chi connectivity index (χ1v) is 10.5. The molecule has 0 radical (unpaired) electrons. The van der Waals surface area contributed by atoms with Crippen LogP contribution < -0.4 is 5.32 Å². The van der Waals surface area contributed by atoms with E-state index in [0.29, 0.717) is 28.8 Å². The number of carbonyl (C=O) groups excluding carboxylic acids is 1. The van der Waals surface area contributed by atoms with Gasteiger partial charge in [-0.15, -0.1) is 0 Å². The molecule has 7 heteroatoms. The van der Waals surface area contributed by atoms with Crippen molar-refractivity contribution >= 4 is 40.8 Å². The lowest BCUT2D eigenvalue weighted by atomic mass is 9.68. The van der Waals surface area contributed by atoms with E-state index in [4.69, 9.17) is 23.2 Å². The number of anilines is 1. The zero-order valence-electron chi connectivity index (χ0n) is 16.0. The number of fused-ring (bicyclic) bond motifs is 2. The Balaban J connectivity index is 1.93. The number of nitrogens with one attached hydrogen (secondary N) is 1. The number of halogens is 2. The predicted octanol–water partition coefficient (Wildman–Crippen LogP) is 4.54. The number of aliphatic carboxylic acids is 1. The molecule has 2 aromatic rings. The molecule has 29 heavy (non-hydrogen) atoms. The number of rotatable bonds is 5. The molecule has 0 saturated carbocycles. The largest absolute Gasteiger partial charge is 0.480 e. The Labute approximate surface area is 179 Å². The van der Waals surface area contributed by atoms with Crippen molar-refractivity contribution in [3.63, 3.8) is 0 Å². The highest BCUT2D eigenvalue weighted by Gasteiger charge is 2.63. The van der Waals surface area contributed by atoms with Crippen LogP contribution in [0.5, 0.6) is 0 Å². The summed E-state index contributed by atoms with van der Waals surface area (Å²) in [6.07, 6.45) is 1.80. The zero-order chi connectivity index (χ0) is 20.8. The van der Waals surface area contributed by atoms with Crippen LogP contribution in [0.3, 0.4) is 0 Å². The summed E-state index contributed by atoms with van der Waals surface area (Å²) in [5, 5.41) is 14.2. The first-order valence-electron chi connectivity index (χ1n) is 9.72. The highest BCUT2D eigenvalue weighted by molar-refractivity contribution is 6.31. The summed E-state index contributed by atoms with van der Waals surface area (Å²) in [4.78, 5) is 27.8. The number of amides is 1. The number of likely N-dealkylation sites (tertiary alicyclic amines) is 1. The van der Waals surface area contributed by atoms with Crippen molar-refractivity contribution < 1.29 is 14.7 Å². The van der Waals surface area contributed by atoms with Crippen LogP contribution in [0.4, 0.5) is 5.69 Å². The third-order valence-corrected chi connectivity index (χ3v) is 6.54. The van der Waals surface area contributed by atoms with Crippen molar-refractivity contribution in [2.75, 3.05) is 18.4 Å². The van der Waals surface area contributed by atoms with Gasteiger partial charge in [-0.3, -0.25) is 14.5 Å². The summed E-state index contributed by atoms with van der Waals surface area (Å²) in [6, 6.07) is 11.7. The average Bonchev–Trinajstić information content (AvgIpc) is 3.15. The molecule has 152 valence electrons. The molecule has 0 aliphatic carbocycles. The van der Waals surface area contributed by atoms with Crippen LogP contribution in [0.2, 0.25) is 10.0 Å². The van der Waals surface area contributed by atoms with Crippen molar-refractivity contribution in [1.29, 1.82) is 0 Å². The smallest absolute Gasteiger partial charge is 0.321 e. The second kappa shape index (κ2) is 7.63. The van der Waals surface area contributed by atoms with Gasteiger partial charge in [0.1, 0.15) is 6.04 Å². The van der Waals surface area contributed by atoms with Crippen molar-refractivity contribution in [2.45, 2.75) is 37.1 Å². The van der Waals surface area contributed by atoms with Gasteiger partial charge in [0.15, 0.2) is 0 Å². The van der Waals surface area contributed by atoms with E-state index in [2.05, 4.69) is 12.2 Å². The summed E-state index contributed by atoms with van der Waals surface area (Å²) in [5.41, 5.74) is 1.18. The monoisotopic (exact) mass is 432 g/mol. The van der Waals surface area contributed by atoms with Crippen LogP contribution in [0.1, 0.15) is 36.8 Å². The molecule has 2 aliphatic rings. The van der Waals surface area contributed by atoms with Crippen molar-refractivity contribution in [3.05, 3.63) is 63.6 Å². The third-order valence-electron chi connectivity index (χ3n) is 6.07. The van der Waals surface area contributed by atoms with Gasteiger partial charge in [0, 0.05) is 28.2 Å². The fourth-order valence-corrected chi connectivity index (χ4v) is 5.24. The molecule has 4 rings (SSSR count). The molecule has 2 heterocycles. The van der Waals surface area contributed by atoms with Gasteiger partial charge in [-0.1, -0.05) is 54.7 Å². The molecule has 2 aromatic carbocycles. The summed E-state index contributed by atoms with van der Waals surface area (Å²) < 4.78 is 0. The molecule has 3 atom stereocenters. The Kier molecular flexibility index (Phi) is 5.32. The maximum atomic E-state index is 13.4. The Hall–Kier alpha value is -2.08. The fourth-order valence-electron chi connectivity index (χ4n) is 4.87. The van der Waals surface area contributed by atoms with Crippen LogP contribution in [0.25, 0.3) is 0 Å². The first-order chi connectivity index (χ1) is 13.9. The van der Waals surface area contributed by atoms with Crippen molar-refractivity contribution in [2.24, 2.45) is 0 Å². The van der Waals surface area contributed by atoms with Crippen LogP contribution in [0.15, 0.2) is 42.5 Å². The Morgan fingerprint density at radius 1 is 1.24 bits per heavy atom. The molecule has 5 nitrogen and oxygen atoms in total. The number of nitrogens with zero attached hydrogens (tertiary/aromatic N) is 1. The molecule has 0 bridgehead atoms. The minimum Gasteiger partial charge on any atom is -0.480 e. The van der Waals surface area contributed by atoms with Crippen LogP contribution in [-0.4, -0.2) is 41.0 Å². The van der Waals surface area contributed by atoms with Gasteiger partial charge in [-0.25, -0.2) is 0 Å². The minimum atomic E-state index is -1.01. The number of hydrogen-bond donors (Lipinski definition) is 2. The van der Waals surface area contributed by atoms with E-state index < -0.39 is 23.3 Å². The van der Waals surface area contributed by atoms with Gasteiger partial charge in [0.05, 0.1) is 5.41 Å². The summed E-state index contributed by atoms with van der Waals surface area (Å²) >= 11 is 12.4.